The summed E-state index contributed by atoms with van der Waals surface area (Å²) in [6, 6.07) is 8.01. The van der Waals surface area contributed by atoms with Gasteiger partial charge in [-0.2, -0.15) is 0 Å². The van der Waals surface area contributed by atoms with Crippen LogP contribution in [-0.2, 0) is 11.3 Å². The SMILES string of the molecule is CC1(C)CC1C(=O)NCc1ccc(Br)cc1. The number of carbonyl (C=O) groups is 1. The van der Waals surface area contributed by atoms with E-state index in [2.05, 4.69) is 35.1 Å². The van der Waals surface area contributed by atoms with Gasteiger partial charge in [-0.1, -0.05) is 41.9 Å². The van der Waals surface area contributed by atoms with Crippen LogP contribution in [0, 0.1) is 11.3 Å². The second-order valence-corrected chi connectivity index (χ2v) is 6.01. The average Bonchev–Trinajstić information content (AvgIpc) is 2.87. The molecule has 3 heteroatoms. The van der Waals surface area contributed by atoms with E-state index in [4.69, 9.17) is 0 Å². The lowest BCUT2D eigenvalue weighted by Gasteiger charge is -2.06. The van der Waals surface area contributed by atoms with Crippen LogP contribution in [-0.4, -0.2) is 5.91 Å². The first kappa shape index (κ1) is 11.6. The molecule has 1 aromatic rings. The van der Waals surface area contributed by atoms with E-state index < -0.39 is 0 Å². The molecule has 1 amide bonds. The minimum absolute atomic E-state index is 0.188. The fourth-order valence-corrected chi connectivity index (χ4v) is 2.09. The molecule has 1 aliphatic carbocycles. The number of rotatable bonds is 3. The molecular formula is C13H16BrNO. The standard InChI is InChI=1S/C13H16BrNO/c1-13(2)7-11(13)12(16)15-8-9-3-5-10(14)6-4-9/h3-6,11H,7-8H2,1-2H3,(H,15,16). The molecule has 16 heavy (non-hydrogen) atoms. The predicted molar refractivity (Wildman–Crippen MR) is 67.9 cm³/mol. The molecule has 0 bridgehead atoms. The van der Waals surface area contributed by atoms with Crippen LogP contribution in [0.25, 0.3) is 0 Å². The van der Waals surface area contributed by atoms with E-state index >= 15 is 0 Å². The molecule has 0 aromatic heterocycles. The van der Waals surface area contributed by atoms with Crippen LogP contribution in [0.1, 0.15) is 25.8 Å². The van der Waals surface area contributed by atoms with E-state index in [0.29, 0.717) is 6.54 Å². The Labute approximate surface area is 105 Å². The molecule has 1 aromatic carbocycles. The molecule has 0 radical (unpaired) electrons. The van der Waals surface area contributed by atoms with Gasteiger partial charge in [-0.15, -0.1) is 0 Å². The highest BCUT2D eigenvalue weighted by atomic mass is 79.9. The zero-order valence-corrected chi connectivity index (χ0v) is 11.2. The fraction of sp³-hybridized carbons (Fsp3) is 0.462. The first-order chi connectivity index (χ1) is 7.49. The van der Waals surface area contributed by atoms with Crippen LogP contribution in [0.2, 0.25) is 0 Å². The zero-order valence-electron chi connectivity index (χ0n) is 9.59. The van der Waals surface area contributed by atoms with Gasteiger partial charge in [-0.3, -0.25) is 4.79 Å². The van der Waals surface area contributed by atoms with Gasteiger partial charge in [-0.25, -0.2) is 0 Å². The second-order valence-electron chi connectivity index (χ2n) is 5.09. The molecule has 0 heterocycles. The number of halogens is 1. The first-order valence-corrected chi connectivity index (χ1v) is 6.30. The summed E-state index contributed by atoms with van der Waals surface area (Å²) in [5.74, 6) is 0.399. The summed E-state index contributed by atoms with van der Waals surface area (Å²) < 4.78 is 1.06. The average molecular weight is 282 g/mol. The Morgan fingerprint density at radius 2 is 2.00 bits per heavy atom. The van der Waals surface area contributed by atoms with E-state index in [1.54, 1.807) is 0 Å². The summed E-state index contributed by atoms with van der Waals surface area (Å²) >= 11 is 3.39. The lowest BCUT2D eigenvalue weighted by molar-refractivity contribution is -0.123. The minimum atomic E-state index is 0.188. The van der Waals surface area contributed by atoms with Gasteiger partial charge in [0.1, 0.15) is 0 Å². The van der Waals surface area contributed by atoms with E-state index in [-0.39, 0.29) is 17.2 Å². The van der Waals surface area contributed by atoms with Gasteiger partial charge in [-0.05, 0) is 29.5 Å². The van der Waals surface area contributed by atoms with E-state index in [1.165, 1.54) is 0 Å². The zero-order chi connectivity index (χ0) is 11.8. The molecular weight excluding hydrogens is 266 g/mol. The van der Waals surface area contributed by atoms with Crippen molar-refractivity contribution < 1.29 is 4.79 Å². The van der Waals surface area contributed by atoms with Crippen molar-refractivity contribution in [1.82, 2.24) is 5.32 Å². The maximum Gasteiger partial charge on any atom is 0.223 e. The van der Waals surface area contributed by atoms with Crippen molar-refractivity contribution >= 4 is 21.8 Å². The van der Waals surface area contributed by atoms with Crippen LogP contribution < -0.4 is 5.32 Å². The first-order valence-electron chi connectivity index (χ1n) is 5.51. The predicted octanol–water partition coefficient (Wildman–Crippen LogP) is 3.11. The van der Waals surface area contributed by atoms with Gasteiger partial charge in [0.25, 0.3) is 0 Å². The number of amides is 1. The van der Waals surface area contributed by atoms with Crippen molar-refractivity contribution in [3.63, 3.8) is 0 Å². The summed E-state index contributed by atoms with van der Waals surface area (Å²) in [6.45, 7) is 4.90. The van der Waals surface area contributed by atoms with Crippen molar-refractivity contribution in [2.45, 2.75) is 26.8 Å². The molecule has 0 saturated heterocycles. The van der Waals surface area contributed by atoms with Crippen molar-refractivity contribution in [2.75, 3.05) is 0 Å². The maximum absolute atomic E-state index is 11.7. The van der Waals surface area contributed by atoms with Crippen molar-refractivity contribution in [3.8, 4) is 0 Å². The van der Waals surface area contributed by atoms with Gasteiger partial charge in [0, 0.05) is 16.9 Å². The molecule has 0 aliphatic heterocycles. The third kappa shape index (κ3) is 2.64. The van der Waals surface area contributed by atoms with Crippen LogP contribution in [0.3, 0.4) is 0 Å². The minimum Gasteiger partial charge on any atom is -0.352 e. The molecule has 1 unspecified atom stereocenters. The highest BCUT2D eigenvalue weighted by Crippen LogP contribution is 2.51. The van der Waals surface area contributed by atoms with Gasteiger partial charge < -0.3 is 5.32 Å². The van der Waals surface area contributed by atoms with Gasteiger partial charge in [0.15, 0.2) is 0 Å². The second kappa shape index (κ2) is 4.21. The van der Waals surface area contributed by atoms with Gasteiger partial charge in [0.05, 0.1) is 0 Å². The molecule has 1 atom stereocenters. The number of hydrogen-bond acceptors (Lipinski definition) is 1. The highest BCUT2D eigenvalue weighted by Gasteiger charge is 2.50. The smallest absolute Gasteiger partial charge is 0.223 e. The molecule has 2 nitrogen and oxygen atoms in total. The Morgan fingerprint density at radius 3 is 2.50 bits per heavy atom. The monoisotopic (exact) mass is 281 g/mol. The van der Waals surface area contributed by atoms with Gasteiger partial charge >= 0.3 is 0 Å². The lowest BCUT2D eigenvalue weighted by Crippen LogP contribution is -2.25. The summed E-state index contributed by atoms with van der Waals surface area (Å²) in [5, 5.41) is 2.98. The Morgan fingerprint density at radius 1 is 1.44 bits per heavy atom. The van der Waals surface area contributed by atoms with Crippen LogP contribution >= 0.6 is 15.9 Å². The third-order valence-electron chi connectivity index (χ3n) is 3.21. The highest BCUT2D eigenvalue weighted by molar-refractivity contribution is 9.10. The lowest BCUT2D eigenvalue weighted by atomic mass is 10.1. The Bertz CT molecular complexity index is 397. The number of benzene rings is 1. The molecule has 1 aliphatic rings. The normalized spacial score (nSPS) is 21.6. The van der Waals surface area contributed by atoms with Crippen LogP contribution in [0.15, 0.2) is 28.7 Å². The van der Waals surface area contributed by atoms with Gasteiger partial charge in [0.2, 0.25) is 5.91 Å². The molecule has 0 spiro atoms. The van der Waals surface area contributed by atoms with Crippen molar-refractivity contribution in [2.24, 2.45) is 11.3 Å². The molecule has 1 saturated carbocycles. The summed E-state index contributed by atoms with van der Waals surface area (Å²) in [4.78, 5) is 11.7. The number of carbonyl (C=O) groups excluding carboxylic acids is 1. The van der Waals surface area contributed by atoms with Crippen LogP contribution in [0.5, 0.6) is 0 Å². The quantitative estimate of drug-likeness (QED) is 0.906. The van der Waals surface area contributed by atoms with Crippen molar-refractivity contribution in [1.29, 1.82) is 0 Å². The van der Waals surface area contributed by atoms with E-state index in [0.717, 1.165) is 16.5 Å². The number of hydrogen-bond donors (Lipinski definition) is 1. The molecule has 1 N–H and O–H groups in total. The van der Waals surface area contributed by atoms with E-state index in [1.807, 2.05) is 24.3 Å². The summed E-state index contributed by atoms with van der Waals surface area (Å²) in [7, 11) is 0. The molecule has 1 fully saturated rings. The van der Waals surface area contributed by atoms with E-state index in [9.17, 15) is 4.79 Å². The third-order valence-corrected chi connectivity index (χ3v) is 3.74. The van der Waals surface area contributed by atoms with Crippen LogP contribution in [0.4, 0.5) is 0 Å². The Balaban J connectivity index is 1.84. The van der Waals surface area contributed by atoms with Crippen molar-refractivity contribution in [3.05, 3.63) is 34.3 Å². The molecule has 2 rings (SSSR count). The maximum atomic E-state index is 11.7. The molecule has 86 valence electrons. The summed E-state index contributed by atoms with van der Waals surface area (Å²) in [6.07, 6.45) is 1.01. The topological polar surface area (TPSA) is 29.1 Å². The Kier molecular flexibility index (Phi) is 3.06. The number of nitrogens with one attached hydrogen (secondary N) is 1. The Hall–Kier alpha value is -0.830. The fourth-order valence-electron chi connectivity index (χ4n) is 1.83. The summed E-state index contributed by atoms with van der Waals surface area (Å²) in [5.41, 5.74) is 1.35. The largest absolute Gasteiger partial charge is 0.352 e.